The van der Waals surface area contributed by atoms with Crippen molar-refractivity contribution >= 4 is 0 Å². The Morgan fingerprint density at radius 1 is 1.10 bits per heavy atom. The topological polar surface area (TPSA) is 35.2 Å². The quantitative estimate of drug-likeness (QED) is 0.850. The van der Waals surface area contributed by atoms with Gasteiger partial charge < -0.3 is 10.5 Å². The van der Waals surface area contributed by atoms with Crippen molar-refractivity contribution in [2.45, 2.75) is 50.0 Å². The molecule has 4 bridgehead atoms. The number of ether oxygens (including phenoxy) is 1. The lowest BCUT2D eigenvalue weighted by molar-refractivity contribution is -0.0226. The van der Waals surface area contributed by atoms with E-state index in [1.807, 2.05) is 0 Å². The maximum atomic E-state index is 6.47. The lowest BCUT2D eigenvalue weighted by Gasteiger charge is -2.59. The third-order valence-electron chi connectivity index (χ3n) is 6.65. The molecular formula is C18H23NO. The Hall–Kier alpha value is -1.02. The molecule has 1 heterocycles. The summed E-state index contributed by atoms with van der Waals surface area (Å²) in [7, 11) is 0. The standard InChI is InChI=1S/C18H23NO/c19-17-13-5-11-6-14(17)10-18(8-11,9-13)15-1-2-16-12(7-15)3-4-20-16/h1-2,7,11,13-14,17H,3-6,8-10,19H2. The second-order valence-electron chi connectivity index (χ2n) is 7.75. The molecular weight excluding hydrogens is 246 g/mol. The summed E-state index contributed by atoms with van der Waals surface area (Å²) in [4.78, 5) is 0. The molecule has 0 spiro atoms. The summed E-state index contributed by atoms with van der Waals surface area (Å²) in [5.41, 5.74) is 9.95. The summed E-state index contributed by atoms with van der Waals surface area (Å²) in [5.74, 6) is 3.63. The zero-order valence-electron chi connectivity index (χ0n) is 12.0. The average Bonchev–Trinajstić information content (AvgIpc) is 2.91. The number of nitrogens with two attached hydrogens (primary N) is 1. The van der Waals surface area contributed by atoms with E-state index in [9.17, 15) is 0 Å². The zero-order valence-corrected chi connectivity index (χ0v) is 12.0. The molecule has 1 aromatic rings. The molecule has 1 aromatic carbocycles. The van der Waals surface area contributed by atoms with Crippen molar-refractivity contribution in [3.05, 3.63) is 29.3 Å². The van der Waals surface area contributed by atoms with E-state index in [1.165, 1.54) is 37.7 Å². The fourth-order valence-corrected chi connectivity index (χ4v) is 5.93. The highest BCUT2D eigenvalue weighted by molar-refractivity contribution is 5.43. The van der Waals surface area contributed by atoms with Gasteiger partial charge in [0.2, 0.25) is 0 Å². The van der Waals surface area contributed by atoms with E-state index >= 15 is 0 Å². The second kappa shape index (κ2) is 3.79. The van der Waals surface area contributed by atoms with Crippen molar-refractivity contribution in [3.63, 3.8) is 0 Å². The van der Waals surface area contributed by atoms with Crippen molar-refractivity contribution in [1.29, 1.82) is 0 Å². The first-order valence-corrected chi connectivity index (χ1v) is 8.25. The molecule has 2 nitrogen and oxygen atoms in total. The summed E-state index contributed by atoms with van der Waals surface area (Å²) >= 11 is 0. The zero-order chi connectivity index (χ0) is 13.3. The SMILES string of the molecule is NC1C2CC3CC1CC(c1ccc4c(c1)CCO4)(C3)C2. The summed E-state index contributed by atoms with van der Waals surface area (Å²) in [5, 5.41) is 0. The van der Waals surface area contributed by atoms with Gasteiger partial charge in [-0.3, -0.25) is 0 Å². The third-order valence-corrected chi connectivity index (χ3v) is 6.65. The van der Waals surface area contributed by atoms with E-state index in [-0.39, 0.29) is 0 Å². The Kier molecular flexibility index (Phi) is 2.20. The minimum absolute atomic E-state index is 0.448. The highest BCUT2D eigenvalue weighted by Gasteiger charge is 2.54. The van der Waals surface area contributed by atoms with Crippen LogP contribution in [0, 0.1) is 17.8 Å². The third kappa shape index (κ3) is 1.43. The van der Waals surface area contributed by atoms with Gasteiger partial charge in [0.25, 0.3) is 0 Å². The Morgan fingerprint density at radius 2 is 1.90 bits per heavy atom. The number of hydrogen-bond acceptors (Lipinski definition) is 2. The molecule has 4 saturated carbocycles. The van der Waals surface area contributed by atoms with Gasteiger partial charge in [0.05, 0.1) is 6.61 Å². The normalized spacial score (nSPS) is 44.5. The molecule has 2 N–H and O–H groups in total. The lowest BCUT2D eigenvalue weighted by Crippen LogP contribution is -2.58. The van der Waals surface area contributed by atoms with Crippen LogP contribution in [0.5, 0.6) is 5.75 Å². The minimum Gasteiger partial charge on any atom is -0.493 e. The fourth-order valence-electron chi connectivity index (χ4n) is 5.93. The summed E-state index contributed by atoms with van der Waals surface area (Å²) in [6.45, 7) is 0.866. The van der Waals surface area contributed by atoms with Crippen LogP contribution >= 0.6 is 0 Å². The molecule has 1 aliphatic heterocycles. The van der Waals surface area contributed by atoms with Crippen LogP contribution in [0.25, 0.3) is 0 Å². The van der Waals surface area contributed by atoms with Crippen LogP contribution < -0.4 is 10.5 Å². The number of hydrogen-bond donors (Lipinski definition) is 1. The largest absolute Gasteiger partial charge is 0.493 e. The molecule has 4 fully saturated rings. The van der Waals surface area contributed by atoms with Gasteiger partial charge in [0.15, 0.2) is 0 Å². The predicted molar refractivity (Wildman–Crippen MR) is 78.8 cm³/mol. The first kappa shape index (κ1) is 11.6. The van der Waals surface area contributed by atoms with E-state index in [0.717, 1.165) is 36.5 Å². The Labute approximate surface area is 120 Å². The number of rotatable bonds is 1. The van der Waals surface area contributed by atoms with Crippen LogP contribution in [0.1, 0.15) is 43.2 Å². The molecule has 5 aliphatic rings. The summed E-state index contributed by atoms with van der Waals surface area (Å²) in [6.07, 6.45) is 7.96. The summed E-state index contributed by atoms with van der Waals surface area (Å²) in [6, 6.07) is 7.51. The maximum absolute atomic E-state index is 6.47. The van der Waals surface area contributed by atoms with Crippen LogP contribution in [0.2, 0.25) is 0 Å². The van der Waals surface area contributed by atoms with Crippen LogP contribution in [0.15, 0.2) is 18.2 Å². The molecule has 2 atom stereocenters. The van der Waals surface area contributed by atoms with Crippen LogP contribution in [-0.2, 0) is 11.8 Å². The lowest BCUT2D eigenvalue weighted by atomic mass is 9.46. The van der Waals surface area contributed by atoms with E-state index in [1.54, 1.807) is 5.56 Å². The van der Waals surface area contributed by atoms with E-state index in [4.69, 9.17) is 10.5 Å². The molecule has 0 radical (unpaired) electrons. The van der Waals surface area contributed by atoms with Crippen LogP contribution in [0.3, 0.4) is 0 Å². The van der Waals surface area contributed by atoms with Gasteiger partial charge in [-0.25, -0.2) is 0 Å². The van der Waals surface area contributed by atoms with Gasteiger partial charge in [0, 0.05) is 12.5 Å². The van der Waals surface area contributed by atoms with Gasteiger partial charge in [-0.15, -0.1) is 0 Å². The van der Waals surface area contributed by atoms with E-state index < -0.39 is 0 Å². The Morgan fingerprint density at radius 3 is 2.70 bits per heavy atom. The second-order valence-corrected chi connectivity index (χ2v) is 7.75. The summed E-state index contributed by atoms with van der Waals surface area (Å²) < 4.78 is 5.67. The van der Waals surface area contributed by atoms with Gasteiger partial charge in [0.1, 0.15) is 5.75 Å². The van der Waals surface area contributed by atoms with Crippen molar-refractivity contribution in [2.24, 2.45) is 23.5 Å². The monoisotopic (exact) mass is 269 g/mol. The first-order chi connectivity index (χ1) is 9.73. The Bertz CT molecular complexity index is 551. The van der Waals surface area contributed by atoms with E-state index in [2.05, 4.69) is 18.2 Å². The molecule has 0 saturated heterocycles. The fraction of sp³-hybridized carbons (Fsp3) is 0.667. The van der Waals surface area contributed by atoms with Gasteiger partial charge in [-0.2, -0.15) is 0 Å². The van der Waals surface area contributed by atoms with Crippen molar-refractivity contribution in [3.8, 4) is 5.75 Å². The van der Waals surface area contributed by atoms with Gasteiger partial charge >= 0.3 is 0 Å². The number of fused-ring (bicyclic) bond motifs is 1. The average molecular weight is 269 g/mol. The minimum atomic E-state index is 0.448. The highest BCUT2D eigenvalue weighted by atomic mass is 16.5. The molecule has 20 heavy (non-hydrogen) atoms. The first-order valence-electron chi connectivity index (χ1n) is 8.25. The maximum Gasteiger partial charge on any atom is 0.122 e. The number of benzene rings is 1. The van der Waals surface area contributed by atoms with E-state index in [0.29, 0.717) is 11.5 Å². The van der Waals surface area contributed by atoms with Crippen molar-refractivity contribution in [2.75, 3.05) is 6.61 Å². The van der Waals surface area contributed by atoms with Gasteiger partial charge in [-0.05, 0) is 72.5 Å². The molecule has 6 rings (SSSR count). The van der Waals surface area contributed by atoms with Crippen LogP contribution in [0.4, 0.5) is 0 Å². The van der Waals surface area contributed by atoms with Crippen LogP contribution in [-0.4, -0.2) is 12.6 Å². The molecule has 4 aliphatic carbocycles. The molecule has 0 amide bonds. The Balaban J connectivity index is 1.57. The smallest absolute Gasteiger partial charge is 0.122 e. The molecule has 0 aromatic heterocycles. The van der Waals surface area contributed by atoms with Crippen molar-refractivity contribution in [1.82, 2.24) is 0 Å². The highest BCUT2D eigenvalue weighted by Crippen LogP contribution is 2.60. The molecule has 106 valence electrons. The molecule has 2 unspecified atom stereocenters. The molecule has 2 heteroatoms. The van der Waals surface area contributed by atoms with Gasteiger partial charge in [-0.1, -0.05) is 12.1 Å². The predicted octanol–water partition coefficient (Wildman–Crippen LogP) is 3.03. The van der Waals surface area contributed by atoms with Crippen molar-refractivity contribution < 1.29 is 4.74 Å².